The molecular weight excluding hydrogens is 374 g/mol. The highest BCUT2D eigenvalue weighted by atomic mass is 79.9. The Morgan fingerprint density at radius 1 is 1.26 bits per heavy atom. The predicted molar refractivity (Wildman–Crippen MR) is 97.1 cm³/mol. The third-order valence-corrected chi connectivity index (χ3v) is 6.00. The molecule has 1 fully saturated rings. The standard InChI is InChI=1S/C18H20BrNO2S/c19-17-11-15(12-23-17)18(22)20-9-7-14(8-10-20)2-1-13-3-5-16(21)6-4-13/h3-6,11-12,14,21H,1-2,7-10H2. The number of carbonyl (C=O) groups is 1. The van der Waals surface area contributed by atoms with Gasteiger partial charge in [0.15, 0.2) is 0 Å². The van der Waals surface area contributed by atoms with Gasteiger partial charge in [0, 0.05) is 18.5 Å². The van der Waals surface area contributed by atoms with Crippen molar-refractivity contribution in [3.63, 3.8) is 0 Å². The number of phenolic OH excluding ortho intramolecular Hbond substituents is 1. The maximum absolute atomic E-state index is 12.4. The molecule has 1 aliphatic rings. The van der Waals surface area contributed by atoms with Gasteiger partial charge in [-0.25, -0.2) is 0 Å². The Labute approximate surface area is 149 Å². The molecule has 1 saturated heterocycles. The Morgan fingerprint density at radius 3 is 2.57 bits per heavy atom. The van der Waals surface area contributed by atoms with E-state index in [1.807, 2.05) is 28.5 Å². The molecule has 2 heterocycles. The second-order valence-corrected chi connectivity index (χ2v) is 8.37. The van der Waals surface area contributed by atoms with Crippen LogP contribution in [0.15, 0.2) is 39.5 Å². The molecule has 0 atom stereocenters. The molecule has 5 heteroatoms. The van der Waals surface area contributed by atoms with Crippen molar-refractivity contribution in [2.24, 2.45) is 5.92 Å². The van der Waals surface area contributed by atoms with Crippen LogP contribution in [0.1, 0.15) is 35.2 Å². The van der Waals surface area contributed by atoms with Crippen LogP contribution in [0.25, 0.3) is 0 Å². The predicted octanol–water partition coefficient (Wildman–Crippen LogP) is 4.70. The Kier molecular flexibility index (Phi) is 5.38. The van der Waals surface area contributed by atoms with Crippen LogP contribution >= 0.6 is 27.3 Å². The van der Waals surface area contributed by atoms with Crippen LogP contribution in [0.5, 0.6) is 5.75 Å². The lowest BCUT2D eigenvalue weighted by atomic mass is 9.90. The third kappa shape index (κ3) is 4.36. The average molecular weight is 394 g/mol. The lowest BCUT2D eigenvalue weighted by Gasteiger charge is -2.32. The second kappa shape index (κ2) is 7.49. The monoisotopic (exact) mass is 393 g/mol. The van der Waals surface area contributed by atoms with Crippen LogP contribution in [0.2, 0.25) is 0 Å². The van der Waals surface area contributed by atoms with Gasteiger partial charge in [0.1, 0.15) is 5.75 Å². The molecule has 2 aromatic rings. The summed E-state index contributed by atoms with van der Waals surface area (Å²) in [4.78, 5) is 14.4. The quantitative estimate of drug-likeness (QED) is 0.817. The number of amides is 1. The van der Waals surface area contributed by atoms with E-state index >= 15 is 0 Å². The van der Waals surface area contributed by atoms with Crippen LogP contribution < -0.4 is 0 Å². The van der Waals surface area contributed by atoms with E-state index in [-0.39, 0.29) is 5.91 Å². The van der Waals surface area contributed by atoms with Crippen LogP contribution in [0.3, 0.4) is 0 Å². The maximum atomic E-state index is 12.4. The van der Waals surface area contributed by atoms with Crippen molar-refractivity contribution in [2.45, 2.75) is 25.7 Å². The maximum Gasteiger partial charge on any atom is 0.254 e. The van der Waals surface area contributed by atoms with E-state index in [9.17, 15) is 9.90 Å². The van der Waals surface area contributed by atoms with E-state index in [1.165, 1.54) is 5.56 Å². The summed E-state index contributed by atoms with van der Waals surface area (Å²) in [5.74, 6) is 1.16. The molecule has 23 heavy (non-hydrogen) atoms. The van der Waals surface area contributed by atoms with Gasteiger partial charge >= 0.3 is 0 Å². The smallest absolute Gasteiger partial charge is 0.254 e. The number of aryl methyl sites for hydroxylation is 1. The van der Waals surface area contributed by atoms with Gasteiger partial charge < -0.3 is 10.0 Å². The Balaban J connectivity index is 1.46. The number of carbonyl (C=O) groups excluding carboxylic acids is 1. The van der Waals surface area contributed by atoms with E-state index in [0.29, 0.717) is 11.7 Å². The van der Waals surface area contributed by atoms with Crippen molar-refractivity contribution in [2.75, 3.05) is 13.1 Å². The minimum atomic E-state index is 0.156. The number of aromatic hydroxyl groups is 1. The van der Waals surface area contributed by atoms with Gasteiger partial charge in [-0.3, -0.25) is 4.79 Å². The first kappa shape index (κ1) is 16.5. The summed E-state index contributed by atoms with van der Waals surface area (Å²) in [7, 11) is 0. The fraction of sp³-hybridized carbons (Fsp3) is 0.389. The molecule has 0 radical (unpaired) electrons. The third-order valence-electron chi connectivity index (χ3n) is 4.49. The minimum absolute atomic E-state index is 0.156. The summed E-state index contributed by atoms with van der Waals surface area (Å²) in [6, 6.07) is 9.37. The van der Waals surface area contributed by atoms with E-state index in [2.05, 4.69) is 15.9 Å². The first-order chi connectivity index (χ1) is 11.1. The number of hydrogen-bond donors (Lipinski definition) is 1. The molecule has 3 rings (SSSR count). The molecule has 1 aromatic heterocycles. The van der Waals surface area contributed by atoms with Crippen molar-refractivity contribution in [1.29, 1.82) is 0 Å². The summed E-state index contributed by atoms with van der Waals surface area (Å²) in [6.45, 7) is 1.71. The number of phenols is 1. The number of thiophene rings is 1. The number of benzene rings is 1. The van der Waals surface area contributed by atoms with Crippen molar-refractivity contribution in [1.82, 2.24) is 4.90 Å². The van der Waals surface area contributed by atoms with Gasteiger partial charge in [-0.1, -0.05) is 12.1 Å². The number of piperidine rings is 1. The first-order valence-electron chi connectivity index (χ1n) is 7.93. The van der Waals surface area contributed by atoms with E-state index in [4.69, 9.17) is 0 Å². The molecular formula is C18H20BrNO2S. The van der Waals surface area contributed by atoms with Gasteiger partial charge in [-0.2, -0.15) is 0 Å². The van der Waals surface area contributed by atoms with E-state index < -0.39 is 0 Å². The van der Waals surface area contributed by atoms with Crippen molar-refractivity contribution in [3.8, 4) is 5.75 Å². The van der Waals surface area contributed by atoms with Crippen molar-refractivity contribution in [3.05, 3.63) is 50.6 Å². The van der Waals surface area contributed by atoms with Gasteiger partial charge in [0.05, 0.1) is 9.35 Å². The molecule has 0 unspecified atom stereocenters. The SMILES string of the molecule is O=C(c1csc(Br)c1)N1CCC(CCc2ccc(O)cc2)CC1. The molecule has 1 amide bonds. The number of rotatable bonds is 4. The van der Waals surface area contributed by atoms with Gasteiger partial charge in [-0.15, -0.1) is 11.3 Å². The Morgan fingerprint density at radius 2 is 1.96 bits per heavy atom. The van der Waals surface area contributed by atoms with Gasteiger partial charge in [0.2, 0.25) is 0 Å². The summed E-state index contributed by atoms with van der Waals surface area (Å²) in [5, 5.41) is 11.2. The normalized spacial score (nSPS) is 15.8. The highest BCUT2D eigenvalue weighted by Crippen LogP contribution is 2.26. The zero-order chi connectivity index (χ0) is 16.2. The Hall–Kier alpha value is -1.33. The molecule has 1 N–H and O–H groups in total. The van der Waals surface area contributed by atoms with E-state index in [0.717, 1.165) is 48.1 Å². The Bertz CT molecular complexity index is 660. The summed E-state index contributed by atoms with van der Waals surface area (Å²) in [6.07, 6.45) is 4.34. The molecule has 0 saturated carbocycles. The average Bonchev–Trinajstić information content (AvgIpc) is 3.01. The van der Waals surface area contributed by atoms with Gasteiger partial charge in [0.25, 0.3) is 5.91 Å². The summed E-state index contributed by atoms with van der Waals surface area (Å²) in [5.41, 5.74) is 2.06. The lowest BCUT2D eigenvalue weighted by molar-refractivity contribution is 0.0687. The molecule has 3 nitrogen and oxygen atoms in total. The minimum Gasteiger partial charge on any atom is -0.508 e. The summed E-state index contributed by atoms with van der Waals surface area (Å²) >= 11 is 4.97. The number of likely N-dealkylation sites (tertiary alicyclic amines) is 1. The van der Waals surface area contributed by atoms with Crippen LogP contribution in [-0.2, 0) is 6.42 Å². The molecule has 0 aliphatic carbocycles. The largest absolute Gasteiger partial charge is 0.508 e. The lowest BCUT2D eigenvalue weighted by Crippen LogP contribution is -2.38. The number of halogens is 1. The van der Waals surface area contributed by atoms with Crippen molar-refractivity contribution < 1.29 is 9.90 Å². The highest BCUT2D eigenvalue weighted by molar-refractivity contribution is 9.11. The number of hydrogen-bond acceptors (Lipinski definition) is 3. The topological polar surface area (TPSA) is 40.5 Å². The first-order valence-corrected chi connectivity index (χ1v) is 9.60. The van der Waals surface area contributed by atoms with Crippen LogP contribution in [0.4, 0.5) is 0 Å². The molecule has 0 spiro atoms. The fourth-order valence-corrected chi connectivity index (χ4v) is 4.19. The van der Waals surface area contributed by atoms with Crippen LogP contribution in [-0.4, -0.2) is 29.0 Å². The molecule has 0 bridgehead atoms. The van der Waals surface area contributed by atoms with Gasteiger partial charge in [-0.05, 0) is 71.3 Å². The molecule has 1 aromatic carbocycles. The highest BCUT2D eigenvalue weighted by Gasteiger charge is 2.24. The number of nitrogens with zero attached hydrogens (tertiary/aromatic N) is 1. The van der Waals surface area contributed by atoms with Crippen LogP contribution in [0, 0.1) is 5.92 Å². The van der Waals surface area contributed by atoms with E-state index in [1.54, 1.807) is 23.5 Å². The summed E-state index contributed by atoms with van der Waals surface area (Å²) < 4.78 is 1.00. The molecule has 1 aliphatic heterocycles. The zero-order valence-electron chi connectivity index (χ0n) is 12.9. The van der Waals surface area contributed by atoms with Crippen molar-refractivity contribution >= 4 is 33.2 Å². The molecule has 122 valence electrons. The zero-order valence-corrected chi connectivity index (χ0v) is 15.3. The second-order valence-electron chi connectivity index (χ2n) is 6.08. The fourth-order valence-electron chi connectivity index (χ4n) is 3.06.